The van der Waals surface area contributed by atoms with E-state index in [0.29, 0.717) is 0 Å². The van der Waals surface area contributed by atoms with E-state index in [0.717, 1.165) is 32.1 Å². The highest BCUT2D eigenvalue weighted by atomic mass is 16.7. The average molecular weight is 327 g/mol. The zero-order valence-corrected chi connectivity index (χ0v) is 15.2. The third-order valence-corrected chi connectivity index (χ3v) is 5.78. The highest BCUT2D eigenvalue weighted by Crippen LogP contribution is 2.36. The van der Waals surface area contributed by atoms with Crippen molar-refractivity contribution in [3.8, 4) is 0 Å². The van der Waals surface area contributed by atoms with E-state index in [2.05, 4.69) is 0 Å². The van der Waals surface area contributed by atoms with Gasteiger partial charge in [0.05, 0.1) is 6.10 Å². The van der Waals surface area contributed by atoms with E-state index < -0.39 is 11.9 Å². The third-order valence-electron chi connectivity index (χ3n) is 5.78. The van der Waals surface area contributed by atoms with E-state index in [9.17, 15) is 5.11 Å². The molecule has 0 spiro atoms. The average Bonchev–Trinajstić information content (AvgIpc) is 2.57. The molecule has 0 aromatic heterocycles. The number of hydrogen-bond donors (Lipinski definition) is 1. The minimum atomic E-state index is -0.739. The second kappa shape index (κ2) is 10.7. The molecule has 2 rings (SSSR count). The molecule has 136 valence electrons. The number of methoxy groups -OCH3 is 1. The molecule has 0 saturated carbocycles. The van der Waals surface area contributed by atoms with Crippen molar-refractivity contribution >= 4 is 0 Å². The summed E-state index contributed by atoms with van der Waals surface area (Å²) in [6.07, 6.45) is 19.5. The number of ether oxygens (including phenoxy) is 2. The Hall–Kier alpha value is -0.120. The maximum absolute atomic E-state index is 10.4. The molecule has 3 nitrogen and oxygen atoms in total. The molecule has 1 N–H and O–H groups in total. The summed E-state index contributed by atoms with van der Waals surface area (Å²) in [5, 5.41) is 10.4. The summed E-state index contributed by atoms with van der Waals surface area (Å²) in [7, 11) is 1.70. The second-order valence-corrected chi connectivity index (χ2v) is 7.63. The first-order valence-electron chi connectivity index (χ1n) is 10.2. The van der Waals surface area contributed by atoms with Gasteiger partial charge in [0.25, 0.3) is 0 Å². The fourth-order valence-corrected chi connectivity index (χ4v) is 4.21. The molecule has 3 heteroatoms. The molecule has 3 atom stereocenters. The summed E-state index contributed by atoms with van der Waals surface area (Å²) in [6, 6.07) is 0. The second-order valence-electron chi connectivity index (χ2n) is 7.63. The minimum absolute atomic E-state index is 0.272. The van der Waals surface area contributed by atoms with Crippen molar-refractivity contribution in [3.63, 3.8) is 0 Å². The van der Waals surface area contributed by atoms with Gasteiger partial charge in [-0.25, -0.2) is 0 Å². The molecule has 0 aromatic rings. The molecule has 2 heterocycles. The molecule has 2 saturated heterocycles. The van der Waals surface area contributed by atoms with E-state index in [1.807, 2.05) is 0 Å². The molecule has 3 unspecified atom stereocenters. The Morgan fingerprint density at radius 1 is 0.739 bits per heavy atom. The molecule has 2 aliphatic heterocycles. The van der Waals surface area contributed by atoms with Crippen LogP contribution in [0.4, 0.5) is 0 Å². The van der Waals surface area contributed by atoms with E-state index in [4.69, 9.17) is 9.47 Å². The van der Waals surface area contributed by atoms with Crippen molar-refractivity contribution in [3.05, 3.63) is 0 Å². The largest absolute Gasteiger partial charge is 0.388 e. The normalized spacial score (nSPS) is 36.3. The number of aliphatic hydroxyl groups excluding tert-OH is 1. The van der Waals surface area contributed by atoms with Crippen LogP contribution in [0.1, 0.15) is 103 Å². The van der Waals surface area contributed by atoms with E-state index in [-0.39, 0.29) is 6.10 Å². The van der Waals surface area contributed by atoms with Crippen LogP contribution in [-0.2, 0) is 9.47 Å². The Balaban J connectivity index is 1.87. The van der Waals surface area contributed by atoms with Crippen molar-refractivity contribution in [2.24, 2.45) is 0 Å². The monoisotopic (exact) mass is 326 g/mol. The number of fused-ring (bicyclic) bond motifs is 2. The van der Waals surface area contributed by atoms with Crippen LogP contribution in [0.3, 0.4) is 0 Å². The Labute approximate surface area is 143 Å². The molecule has 0 amide bonds. The molecule has 0 aromatic carbocycles. The van der Waals surface area contributed by atoms with Crippen LogP contribution < -0.4 is 0 Å². The van der Waals surface area contributed by atoms with Crippen molar-refractivity contribution in [2.75, 3.05) is 7.11 Å². The fraction of sp³-hybridized carbons (Fsp3) is 1.00. The standard InChI is InChI=1S/C20H38O3/c1-22-20-17-13-11-9-7-5-3-2-4-6-8-10-12-14-18(23-20)15-16-19(20)21/h18-19,21H,2-17H2,1H3. The summed E-state index contributed by atoms with van der Waals surface area (Å²) >= 11 is 0. The van der Waals surface area contributed by atoms with Gasteiger partial charge < -0.3 is 14.6 Å². The molecule has 0 aliphatic carbocycles. The molecule has 2 bridgehead atoms. The quantitative estimate of drug-likeness (QED) is 0.706. The number of rotatable bonds is 1. The van der Waals surface area contributed by atoms with Crippen LogP contribution in [0.2, 0.25) is 0 Å². The zero-order valence-electron chi connectivity index (χ0n) is 15.2. The van der Waals surface area contributed by atoms with Gasteiger partial charge in [-0.2, -0.15) is 0 Å². The molecule has 23 heavy (non-hydrogen) atoms. The highest BCUT2D eigenvalue weighted by molar-refractivity contribution is 4.86. The molecular formula is C20H38O3. The van der Waals surface area contributed by atoms with Gasteiger partial charge in [-0.1, -0.05) is 70.6 Å². The summed E-state index contributed by atoms with van der Waals surface area (Å²) in [5.74, 6) is -0.739. The maximum atomic E-state index is 10.4. The van der Waals surface area contributed by atoms with Crippen LogP contribution in [0, 0.1) is 0 Å². The predicted molar refractivity (Wildman–Crippen MR) is 94.5 cm³/mol. The van der Waals surface area contributed by atoms with Crippen molar-refractivity contribution in [2.45, 2.75) is 121 Å². The van der Waals surface area contributed by atoms with Crippen LogP contribution in [0.15, 0.2) is 0 Å². The lowest BCUT2D eigenvalue weighted by Crippen LogP contribution is -2.52. The Morgan fingerprint density at radius 2 is 1.26 bits per heavy atom. The predicted octanol–water partition coefficient (Wildman–Crippen LogP) is 5.34. The Bertz CT molecular complexity index is 307. The fourth-order valence-electron chi connectivity index (χ4n) is 4.21. The van der Waals surface area contributed by atoms with Crippen molar-refractivity contribution < 1.29 is 14.6 Å². The van der Waals surface area contributed by atoms with E-state index in [1.54, 1.807) is 7.11 Å². The van der Waals surface area contributed by atoms with Gasteiger partial charge in [0, 0.05) is 13.5 Å². The summed E-state index contributed by atoms with van der Waals surface area (Å²) in [5.41, 5.74) is 0. The molecule has 2 aliphatic rings. The Kier molecular flexibility index (Phi) is 8.92. The maximum Gasteiger partial charge on any atom is 0.194 e. The molecular weight excluding hydrogens is 288 g/mol. The molecule has 2 fully saturated rings. The van der Waals surface area contributed by atoms with Gasteiger partial charge in [0.15, 0.2) is 5.79 Å². The van der Waals surface area contributed by atoms with Crippen LogP contribution in [-0.4, -0.2) is 30.2 Å². The number of aliphatic hydroxyl groups is 1. The summed E-state index contributed by atoms with van der Waals surface area (Å²) in [4.78, 5) is 0. The SMILES string of the molecule is COC12CCCCCCCCCCCCCCC(CCC1O)O2. The minimum Gasteiger partial charge on any atom is -0.388 e. The summed E-state index contributed by atoms with van der Waals surface area (Å²) in [6.45, 7) is 0. The number of hydrogen-bond acceptors (Lipinski definition) is 3. The highest BCUT2D eigenvalue weighted by Gasteiger charge is 2.44. The van der Waals surface area contributed by atoms with Gasteiger partial charge in [-0.15, -0.1) is 0 Å². The van der Waals surface area contributed by atoms with Crippen LogP contribution in [0.25, 0.3) is 0 Å². The lowest BCUT2D eigenvalue weighted by atomic mass is 9.91. The smallest absolute Gasteiger partial charge is 0.194 e. The van der Waals surface area contributed by atoms with E-state index >= 15 is 0 Å². The zero-order chi connectivity index (χ0) is 16.4. The lowest BCUT2D eigenvalue weighted by Gasteiger charge is -2.44. The van der Waals surface area contributed by atoms with Crippen molar-refractivity contribution in [1.29, 1.82) is 0 Å². The van der Waals surface area contributed by atoms with Gasteiger partial charge in [0.2, 0.25) is 0 Å². The topological polar surface area (TPSA) is 38.7 Å². The van der Waals surface area contributed by atoms with Crippen LogP contribution in [0.5, 0.6) is 0 Å². The first-order valence-corrected chi connectivity index (χ1v) is 10.2. The summed E-state index contributed by atoms with van der Waals surface area (Å²) < 4.78 is 12.0. The van der Waals surface area contributed by atoms with Gasteiger partial charge in [-0.05, 0) is 25.7 Å². The Morgan fingerprint density at radius 3 is 1.83 bits per heavy atom. The van der Waals surface area contributed by atoms with E-state index in [1.165, 1.54) is 70.6 Å². The third kappa shape index (κ3) is 6.36. The lowest BCUT2D eigenvalue weighted by molar-refractivity contribution is -0.315. The van der Waals surface area contributed by atoms with Crippen molar-refractivity contribution in [1.82, 2.24) is 0 Å². The first kappa shape index (κ1) is 19.2. The van der Waals surface area contributed by atoms with Gasteiger partial charge in [0.1, 0.15) is 6.10 Å². The first-order chi connectivity index (χ1) is 11.3. The van der Waals surface area contributed by atoms with Gasteiger partial charge >= 0.3 is 0 Å². The molecule has 0 radical (unpaired) electrons. The van der Waals surface area contributed by atoms with Gasteiger partial charge in [-0.3, -0.25) is 0 Å². The van der Waals surface area contributed by atoms with Crippen LogP contribution >= 0.6 is 0 Å².